The Labute approximate surface area is 300 Å². The zero-order chi connectivity index (χ0) is 37.2. The minimum absolute atomic E-state index is 0. The molecule has 278 valence electrons. The molecule has 0 saturated carbocycles. The van der Waals surface area contributed by atoms with Gasteiger partial charge in [-0.1, -0.05) is 38.5 Å². The third-order valence-electron chi connectivity index (χ3n) is 7.46. The molecule has 51 heavy (non-hydrogen) atoms. The van der Waals surface area contributed by atoms with Crippen molar-refractivity contribution in [3.8, 4) is 0 Å². The number of carbonyl (C=O) groups is 6. The van der Waals surface area contributed by atoms with Gasteiger partial charge >= 0.3 is 5.97 Å². The van der Waals surface area contributed by atoms with Crippen molar-refractivity contribution in [3.05, 3.63) is 70.3 Å². The van der Waals surface area contributed by atoms with Gasteiger partial charge in [0.05, 0.1) is 11.5 Å². The van der Waals surface area contributed by atoms with Gasteiger partial charge in [-0.2, -0.15) is 0 Å². The largest absolute Gasteiger partial charge is 0.481 e. The van der Waals surface area contributed by atoms with Crippen LogP contribution in [0.1, 0.15) is 56.3 Å². The molecule has 0 fully saturated rings. The third-order valence-corrected chi connectivity index (χ3v) is 7.46. The van der Waals surface area contributed by atoms with E-state index in [0.717, 1.165) is 0 Å². The van der Waals surface area contributed by atoms with Crippen LogP contribution in [-0.2, 0) is 24.0 Å². The number of rotatable bonds is 20. The maximum absolute atomic E-state index is 13.4. The van der Waals surface area contributed by atoms with Gasteiger partial charge < -0.3 is 43.2 Å². The number of hydrogen-bond donors (Lipinski definition) is 8. The van der Waals surface area contributed by atoms with E-state index in [0.29, 0.717) is 12.0 Å². The summed E-state index contributed by atoms with van der Waals surface area (Å²) < 4.78 is 0. The van der Waals surface area contributed by atoms with E-state index < -0.39 is 71.5 Å². The average Bonchev–Trinajstić information content (AvgIpc) is 3.08. The van der Waals surface area contributed by atoms with Crippen molar-refractivity contribution in [2.75, 3.05) is 18.4 Å². The molecule has 0 saturated heterocycles. The second-order valence-electron chi connectivity index (χ2n) is 11.3. The van der Waals surface area contributed by atoms with E-state index in [1.54, 1.807) is 37.3 Å². The lowest BCUT2D eigenvalue weighted by molar-refractivity contribution is -0.384. The number of hydrogen-bond acceptors (Lipinski definition) is 9. The number of nitrogens with one attached hydrogen (secondary N) is 5. The lowest BCUT2D eigenvalue weighted by Gasteiger charge is -2.26. The number of non-ortho nitro benzene ring substituents is 1. The van der Waals surface area contributed by atoms with Gasteiger partial charge in [-0.3, -0.25) is 43.9 Å². The van der Waals surface area contributed by atoms with E-state index in [4.69, 9.17) is 11.5 Å². The standard InChI is InChI=1S/C32H43N9O9.ClH/c1-3-19(2)27(40-28(45)20-8-5-4-6-9-20)31(48)39-24(15-16-26(43)44)29(46)36-18-25(42)38-23(10-7-17-35-32(33)34)30(47)37-21-11-13-22(14-12-21)41(49)50;/h4-6,8-9,11-14,19,23-24,27H,3,7,10,15-18H2,1-2H3,(H,36,46)(H,37,47)(H,38,42)(H,39,48)(H,40,45)(H,43,44)(H4,33,34,35);1H/t19-,23-,24-,27-;/m0./s1. The number of amides is 5. The monoisotopic (exact) mass is 733 g/mol. The van der Waals surface area contributed by atoms with E-state index in [1.165, 1.54) is 24.3 Å². The fourth-order valence-electron chi connectivity index (χ4n) is 4.52. The number of halogens is 1. The van der Waals surface area contributed by atoms with E-state index >= 15 is 0 Å². The first-order valence-electron chi connectivity index (χ1n) is 15.8. The van der Waals surface area contributed by atoms with Gasteiger partial charge in [0.1, 0.15) is 18.1 Å². The van der Waals surface area contributed by atoms with Crippen LogP contribution in [0, 0.1) is 16.0 Å². The number of guanidine groups is 1. The Hall–Kier alpha value is -5.78. The van der Waals surface area contributed by atoms with Gasteiger partial charge in [0.25, 0.3) is 11.6 Å². The highest BCUT2D eigenvalue weighted by Crippen LogP contribution is 2.16. The van der Waals surface area contributed by atoms with Crippen LogP contribution in [-0.4, -0.2) is 82.7 Å². The molecule has 19 heteroatoms. The number of nitro groups is 1. The Kier molecular flexibility index (Phi) is 18.7. The summed E-state index contributed by atoms with van der Waals surface area (Å²) in [5.74, 6) is -5.31. The number of benzene rings is 2. The van der Waals surface area contributed by atoms with Gasteiger partial charge in [0.2, 0.25) is 23.6 Å². The number of carbonyl (C=O) groups excluding carboxylic acids is 5. The molecule has 0 bridgehead atoms. The fourth-order valence-corrected chi connectivity index (χ4v) is 4.52. The zero-order valence-electron chi connectivity index (χ0n) is 28.1. The number of nitrogens with two attached hydrogens (primary N) is 2. The summed E-state index contributed by atoms with van der Waals surface area (Å²) in [7, 11) is 0. The highest BCUT2D eigenvalue weighted by atomic mass is 35.5. The molecule has 0 unspecified atom stereocenters. The Bertz CT molecular complexity index is 1540. The third kappa shape index (κ3) is 15.5. The van der Waals surface area contributed by atoms with Crippen molar-refractivity contribution < 1.29 is 38.8 Å². The van der Waals surface area contributed by atoms with Crippen LogP contribution < -0.4 is 38.1 Å². The Morgan fingerprint density at radius 1 is 0.882 bits per heavy atom. The summed E-state index contributed by atoms with van der Waals surface area (Å²) in [4.78, 5) is 90.8. The number of aliphatic imine (C=N–C) groups is 1. The van der Waals surface area contributed by atoms with Crippen LogP contribution >= 0.6 is 12.4 Å². The summed E-state index contributed by atoms with van der Waals surface area (Å²) in [6.45, 7) is 3.04. The first-order chi connectivity index (χ1) is 23.7. The molecule has 4 atom stereocenters. The van der Waals surface area contributed by atoms with Crippen molar-refractivity contribution in [1.29, 1.82) is 0 Å². The van der Waals surface area contributed by atoms with Gasteiger partial charge in [-0.05, 0) is 49.4 Å². The van der Waals surface area contributed by atoms with Gasteiger partial charge in [0.15, 0.2) is 5.96 Å². The molecule has 10 N–H and O–H groups in total. The van der Waals surface area contributed by atoms with E-state index in [1.807, 2.05) is 6.92 Å². The number of carboxylic acids is 1. The molecule has 2 aromatic carbocycles. The smallest absolute Gasteiger partial charge is 0.303 e. The van der Waals surface area contributed by atoms with E-state index in [-0.39, 0.29) is 61.5 Å². The lowest BCUT2D eigenvalue weighted by Crippen LogP contribution is -2.56. The zero-order valence-corrected chi connectivity index (χ0v) is 28.9. The van der Waals surface area contributed by atoms with E-state index in [2.05, 4.69) is 31.6 Å². The van der Waals surface area contributed by atoms with Crippen molar-refractivity contribution in [2.24, 2.45) is 22.4 Å². The van der Waals surface area contributed by atoms with Crippen molar-refractivity contribution in [1.82, 2.24) is 21.3 Å². The molecule has 2 aromatic rings. The topological polar surface area (TPSA) is 290 Å². The Morgan fingerprint density at radius 3 is 2.08 bits per heavy atom. The Morgan fingerprint density at radius 2 is 1.51 bits per heavy atom. The minimum Gasteiger partial charge on any atom is -0.481 e. The molecular formula is C32H44ClN9O9. The summed E-state index contributed by atoms with van der Waals surface area (Å²) in [6.07, 6.45) is 0.0158. The molecule has 0 aliphatic rings. The summed E-state index contributed by atoms with van der Waals surface area (Å²) in [6, 6.07) is 9.63. The predicted molar refractivity (Wildman–Crippen MR) is 190 cm³/mol. The van der Waals surface area contributed by atoms with Crippen LogP contribution in [0.2, 0.25) is 0 Å². The quantitative estimate of drug-likeness (QED) is 0.0310. The van der Waals surface area contributed by atoms with Crippen molar-refractivity contribution in [2.45, 2.75) is 64.1 Å². The summed E-state index contributed by atoms with van der Waals surface area (Å²) in [5, 5.41) is 32.8. The molecule has 0 aliphatic heterocycles. The molecule has 18 nitrogen and oxygen atoms in total. The van der Waals surface area contributed by atoms with Crippen LogP contribution in [0.15, 0.2) is 59.6 Å². The molecular weight excluding hydrogens is 690 g/mol. The summed E-state index contributed by atoms with van der Waals surface area (Å²) >= 11 is 0. The SMILES string of the molecule is CC[C@H](C)[C@H](NC(=O)c1ccccc1)C(=O)N[C@@H](CCC(=O)O)C(=O)NCC(=O)N[C@@H](CCCN=C(N)N)C(=O)Nc1ccc([N+](=O)[O-])cc1.Cl. The highest BCUT2D eigenvalue weighted by molar-refractivity contribution is 5.99. The normalized spacial score (nSPS) is 12.7. The second-order valence-corrected chi connectivity index (χ2v) is 11.3. The van der Waals surface area contributed by atoms with Crippen LogP contribution in [0.3, 0.4) is 0 Å². The Balaban J connectivity index is 0.0000130. The molecule has 0 aromatic heterocycles. The molecule has 0 heterocycles. The number of anilines is 1. The van der Waals surface area contributed by atoms with Gasteiger partial charge in [-0.15, -0.1) is 12.4 Å². The average molecular weight is 734 g/mol. The number of nitrogens with zero attached hydrogens (tertiary/aromatic N) is 2. The molecule has 2 rings (SSSR count). The first kappa shape index (κ1) is 43.2. The highest BCUT2D eigenvalue weighted by Gasteiger charge is 2.31. The molecule has 0 spiro atoms. The maximum Gasteiger partial charge on any atom is 0.303 e. The molecule has 0 aliphatic carbocycles. The van der Waals surface area contributed by atoms with Gasteiger partial charge in [0, 0.05) is 36.3 Å². The number of carboxylic acid groups (broad SMARTS) is 1. The first-order valence-corrected chi connectivity index (χ1v) is 15.8. The van der Waals surface area contributed by atoms with Crippen LogP contribution in [0.4, 0.5) is 11.4 Å². The van der Waals surface area contributed by atoms with Crippen LogP contribution in [0.25, 0.3) is 0 Å². The second kappa shape index (κ2) is 22.0. The summed E-state index contributed by atoms with van der Waals surface area (Å²) in [5.41, 5.74) is 11.0. The predicted octanol–water partition coefficient (Wildman–Crippen LogP) is 0.804. The van der Waals surface area contributed by atoms with Crippen LogP contribution in [0.5, 0.6) is 0 Å². The maximum atomic E-state index is 13.4. The minimum atomic E-state index is -1.38. The molecule has 0 radical (unpaired) electrons. The van der Waals surface area contributed by atoms with E-state index in [9.17, 15) is 44.0 Å². The number of nitro benzene ring substituents is 1. The lowest BCUT2D eigenvalue weighted by atomic mass is 9.97. The van der Waals surface area contributed by atoms with Crippen molar-refractivity contribution >= 4 is 65.2 Å². The number of aliphatic carboxylic acids is 1. The fraction of sp³-hybridized carbons (Fsp3) is 0.406. The molecule has 5 amide bonds. The van der Waals surface area contributed by atoms with Gasteiger partial charge in [-0.25, -0.2) is 0 Å². The van der Waals surface area contributed by atoms with Crippen molar-refractivity contribution in [3.63, 3.8) is 0 Å².